The highest BCUT2D eigenvalue weighted by molar-refractivity contribution is 6.03. The second-order valence-electron chi connectivity index (χ2n) is 4.96. The number of nitrogens with zero attached hydrogens (tertiary/aromatic N) is 4. The Morgan fingerprint density at radius 2 is 1.87 bits per heavy atom. The van der Waals surface area contributed by atoms with Crippen molar-refractivity contribution in [3.05, 3.63) is 54.1 Å². The van der Waals surface area contributed by atoms with E-state index < -0.39 is 0 Å². The maximum absolute atomic E-state index is 9.23. The Bertz CT molecular complexity index is 1010. The fraction of sp³-hybridized carbons (Fsp3) is 0. The van der Waals surface area contributed by atoms with Crippen LogP contribution in [0.2, 0.25) is 0 Å². The average molecular weight is 304 g/mol. The number of hydrogen-bond donors (Lipinski definition) is 3. The predicted octanol–water partition coefficient (Wildman–Crippen LogP) is 2.66. The standard InChI is InChI=1S/C16H12N6O/c23-11-7-5-10(6-8-11)9-17-21-16-19-15-14(20-22-16)12-3-1-2-4-13(12)18-15/h1-9,23H,(H2,18,19,21,22)/b17-9-. The van der Waals surface area contributed by atoms with Gasteiger partial charge in [0.25, 0.3) is 5.95 Å². The number of aromatic amines is 1. The highest BCUT2D eigenvalue weighted by atomic mass is 16.3. The number of phenols is 1. The lowest BCUT2D eigenvalue weighted by Gasteiger charge is -1.97. The van der Waals surface area contributed by atoms with Gasteiger partial charge in [-0.2, -0.15) is 10.1 Å². The maximum Gasteiger partial charge on any atom is 0.265 e. The second-order valence-corrected chi connectivity index (χ2v) is 4.96. The van der Waals surface area contributed by atoms with E-state index in [1.165, 1.54) is 0 Å². The highest BCUT2D eigenvalue weighted by Crippen LogP contribution is 2.21. The summed E-state index contributed by atoms with van der Waals surface area (Å²) >= 11 is 0. The molecular weight excluding hydrogens is 292 g/mol. The van der Waals surface area contributed by atoms with Gasteiger partial charge in [0, 0.05) is 10.9 Å². The lowest BCUT2D eigenvalue weighted by molar-refractivity contribution is 0.475. The van der Waals surface area contributed by atoms with Gasteiger partial charge >= 0.3 is 0 Å². The summed E-state index contributed by atoms with van der Waals surface area (Å²) in [7, 11) is 0. The predicted molar refractivity (Wildman–Crippen MR) is 88.5 cm³/mol. The van der Waals surface area contributed by atoms with Crippen LogP contribution in [-0.2, 0) is 0 Å². The van der Waals surface area contributed by atoms with E-state index >= 15 is 0 Å². The summed E-state index contributed by atoms with van der Waals surface area (Å²) in [5, 5.41) is 22.5. The number of benzene rings is 2. The molecule has 112 valence electrons. The van der Waals surface area contributed by atoms with Gasteiger partial charge in [-0.25, -0.2) is 5.43 Å². The molecule has 4 rings (SSSR count). The maximum atomic E-state index is 9.23. The summed E-state index contributed by atoms with van der Waals surface area (Å²) in [6, 6.07) is 14.5. The summed E-state index contributed by atoms with van der Waals surface area (Å²) < 4.78 is 0. The summed E-state index contributed by atoms with van der Waals surface area (Å²) in [6.07, 6.45) is 1.61. The number of hydrogen-bond acceptors (Lipinski definition) is 6. The van der Waals surface area contributed by atoms with E-state index in [1.54, 1.807) is 30.5 Å². The molecule has 0 saturated heterocycles. The summed E-state index contributed by atoms with van der Waals surface area (Å²) in [5.74, 6) is 0.519. The third kappa shape index (κ3) is 2.55. The van der Waals surface area contributed by atoms with Crippen LogP contribution >= 0.6 is 0 Å². The summed E-state index contributed by atoms with van der Waals surface area (Å²) in [6.45, 7) is 0. The third-order valence-electron chi connectivity index (χ3n) is 3.39. The molecule has 7 nitrogen and oxygen atoms in total. The van der Waals surface area contributed by atoms with Crippen LogP contribution in [0.25, 0.3) is 22.1 Å². The molecule has 0 unspecified atom stereocenters. The van der Waals surface area contributed by atoms with Crippen molar-refractivity contribution < 1.29 is 5.11 Å². The van der Waals surface area contributed by atoms with Crippen LogP contribution in [0.15, 0.2) is 53.6 Å². The number of aromatic hydroxyl groups is 1. The molecule has 2 aromatic heterocycles. The van der Waals surface area contributed by atoms with Crippen LogP contribution in [0, 0.1) is 0 Å². The van der Waals surface area contributed by atoms with E-state index in [2.05, 4.69) is 30.7 Å². The first-order valence-corrected chi connectivity index (χ1v) is 6.99. The zero-order valence-electron chi connectivity index (χ0n) is 11.9. The normalized spacial score (nSPS) is 11.5. The van der Waals surface area contributed by atoms with Gasteiger partial charge in [-0.3, -0.25) is 0 Å². The number of para-hydroxylation sites is 1. The van der Waals surface area contributed by atoms with Gasteiger partial charge in [0.15, 0.2) is 5.65 Å². The van der Waals surface area contributed by atoms with Gasteiger partial charge < -0.3 is 10.1 Å². The number of anilines is 1. The van der Waals surface area contributed by atoms with Crippen LogP contribution in [0.3, 0.4) is 0 Å². The lowest BCUT2D eigenvalue weighted by Crippen LogP contribution is -1.98. The van der Waals surface area contributed by atoms with Crippen molar-refractivity contribution >= 4 is 34.2 Å². The molecule has 0 aliphatic rings. The zero-order chi connectivity index (χ0) is 15.6. The van der Waals surface area contributed by atoms with E-state index in [1.807, 2.05) is 24.3 Å². The molecule has 0 atom stereocenters. The Labute approximate surface area is 130 Å². The molecule has 7 heteroatoms. The van der Waals surface area contributed by atoms with E-state index in [4.69, 9.17) is 0 Å². The Balaban J connectivity index is 1.59. The molecule has 2 aromatic carbocycles. The fourth-order valence-electron chi connectivity index (χ4n) is 2.29. The largest absolute Gasteiger partial charge is 0.508 e. The van der Waals surface area contributed by atoms with Crippen molar-refractivity contribution in [1.82, 2.24) is 20.2 Å². The molecule has 0 aliphatic heterocycles. The number of hydrazone groups is 1. The van der Waals surface area contributed by atoms with Crippen molar-refractivity contribution in [2.75, 3.05) is 5.43 Å². The molecule has 3 N–H and O–H groups in total. The summed E-state index contributed by atoms with van der Waals surface area (Å²) in [4.78, 5) is 7.56. The molecule has 0 aliphatic carbocycles. The van der Waals surface area contributed by atoms with E-state index in [9.17, 15) is 5.11 Å². The molecule has 0 bridgehead atoms. The van der Waals surface area contributed by atoms with Crippen LogP contribution < -0.4 is 5.43 Å². The molecular formula is C16H12N6O. The molecule has 0 saturated carbocycles. The Hall–Kier alpha value is -3.48. The van der Waals surface area contributed by atoms with Gasteiger partial charge in [-0.15, -0.1) is 10.2 Å². The highest BCUT2D eigenvalue weighted by Gasteiger charge is 2.07. The molecule has 2 heterocycles. The van der Waals surface area contributed by atoms with Crippen LogP contribution in [-0.4, -0.2) is 31.5 Å². The Morgan fingerprint density at radius 3 is 2.74 bits per heavy atom. The topological polar surface area (TPSA) is 99.1 Å². The van der Waals surface area contributed by atoms with E-state index in [0.29, 0.717) is 11.6 Å². The average Bonchev–Trinajstić information content (AvgIpc) is 2.94. The van der Waals surface area contributed by atoms with E-state index in [0.717, 1.165) is 22.0 Å². The zero-order valence-corrected chi connectivity index (χ0v) is 11.9. The van der Waals surface area contributed by atoms with E-state index in [-0.39, 0.29) is 5.75 Å². The second kappa shape index (κ2) is 5.38. The minimum absolute atomic E-state index is 0.215. The van der Waals surface area contributed by atoms with Gasteiger partial charge in [0.2, 0.25) is 0 Å². The molecule has 0 radical (unpaired) electrons. The molecule has 0 spiro atoms. The third-order valence-corrected chi connectivity index (χ3v) is 3.39. The number of nitrogens with one attached hydrogen (secondary N) is 2. The van der Waals surface area contributed by atoms with Crippen molar-refractivity contribution in [2.24, 2.45) is 5.10 Å². The van der Waals surface area contributed by atoms with Crippen molar-refractivity contribution in [1.29, 1.82) is 0 Å². The SMILES string of the molecule is Oc1ccc(/C=N\Nc2nnc3c(n2)[nH]c2ccccc23)cc1. The molecule has 0 amide bonds. The van der Waals surface area contributed by atoms with Gasteiger partial charge in [-0.05, 0) is 35.9 Å². The minimum Gasteiger partial charge on any atom is -0.508 e. The number of phenolic OH excluding ortho intramolecular Hbond substituents is 1. The quantitative estimate of drug-likeness (QED) is 0.399. The summed E-state index contributed by atoms with van der Waals surface area (Å²) in [5.41, 5.74) is 5.94. The Kier molecular flexibility index (Phi) is 3.09. The first-order valence-electron chi connectivity index (χ1n) is 6.99. The smallest absolute Gasteiger partial charge is 0.265 e. The van der Waals surface area contributed by atoms with Crippen molar-refractivity contribution in [2.45, 2.75) is 0 Å². The monoisotopic (exact) mass is 304 g/mol. The number of rotatable bonds is 3. The van der Waals surface area contributed by atoms with Gasteiger partial charge in [0.1, 0.15) is 11.3 Å². The van der Waals surface area contributed by atoms with Gasteiger partial charge in [-0.1, -0.05) is 18.2 Å². The molecule has 23 heavy (non-hydrogen) atoms. The van der Waals surface area contributed by atoms with Crippen molar-refractivity contribution in [3.8, 4) is 5.75 Å². The van der Waals surface area contributed by atoms with Crippen LogP contribution in [0.5, 0.6) is 5.75 Å². The number of H-pyrrole nitrogens is 1. The first-order chi connectivity index (χ1) is 11.3. The number of aromatic nitrogens is 4. The number of fused-ring (bicyclic) bond motifs is 3. The molecule has 0 fully saturated rings. The van der Waals surface area contributed by atoms with Crippen molar-refractivity contribution in [3.63, 3.8) is 0 Å². The lowest BCUT2D eigenvalue weighted by atomic mass is 10.2. The fourth-order valence-corrected chi connectivity index (χ4v) is 2.29. The van der Waals surface area contributed by atoms with Crippen LogP contribution in [0.4, 0.5) is 5.95 Å². The first kappa shape index (κ1) is 13.2. The Morgan fingerprint density at radius 1 is 1.04 bits per heavy atom. The van der Waals surface area contributed by atoms with Crippen LogP contribution in [0.1, 0.15) is 5.56 Å². The molecule has 4 aromatic rings. The minimum atomic E-state index is 0.215. The van der Waals surface area contributed by atoms with Gasteiger partial charge in [0.05, 0.1) is 6.21 Å².